The van der Waals surface area contributed by atoms with Crippen molar-refractivity contribution < 1.29 is 0 Å². The van der Waals surface area contributed by atoms with Gasteiger partial charge in [0.05, 0.1) is 15.6 Å². The average molecular weight is 332 g/mol. The molecule has 17 heavy (non-hydrogen) atoms. The number of nitrogens with zero attached hydrogens (tertiary/aromatic N) is 2. The fourth-order valence-corrected chi connectivity index (χ4v) is 2.44. The molecule has 0 unspecified atom stereocenters. The largest absolute Gasteiger partial charge is 0.233 e. The van der Waals surface area contributed by atoms with Crippen molar-refractivity contribution in [1.82, 2.24) is 9.97 Å². The lowest BCUT2D eigenvalue weighted by atomic mass is 10.2. The number of halogens is 3. The molecule has 2 aromatic rings. The third-order valence-electron chi connectivity index (χ3n) is 2.52. The van der Waals surface area contributed by atoms with E-state index in [1.54, 1.807) is 18.2 Å². The number of aromatic nitrogens is 2. The van der Waals surface area contributed by atoms with Crippen molar-refractivity contribution in [3.63, 3.8) is 0 Å². The Hall–Kier alpha value is -0.640. The minimum atomic E-state index is 0.538. The van der Waals surface area contributed by atoms with Crippen LogP contribution in [-0.4, -0.2) is 9.97 Å². The van der Waals surface area contributed by atoms with Crippen LogP contribution in [0, 0.1) is 13.8 Å². The van der Waals surface area contributed by atoms with Gasteiger partial charge in [-0.1, -0.05) is 29.3 Å². The highest BCUT2D eigenvalue weighted by Gasteiger charge is 2.13. The van der Waals surface area contributed by atoms with Crippen LogP contribution in [0.1, 0.15) is 11.3 Å². The zero-order chi connectivity index (χ0) is 12.6. The van der Waals surface area contributed by atoms with Gasteiger partial charge in [-0.25, -0.2) is 9.97 Å². The van der Waals surface area contributed by atoms with Crippen LogP contribution in [0.4, 0.5) is 0 Å². The predicted octanol–water partition coefficient (Wildman–Crippen LogP) is 4.83. The van der Waals surface area contributed by atoms with E-state index in [0.29, 0.717) is 21.4 Å². The van der Waals surface area contributed by atoms with Gasteiger partial charge in [-0.3, -0.25) is 0 Å². The summed E-state index contributed by atoms with van der Waals surface area (Å²) in [6.45, 7) is 3.88. The van der Waals surface area contributed by atoms with Crippen molar-refractivity contribution >= 4 is 39.1 Å². The molecule has 1 aromatic heterocycles. The quantitative estimate of drug-likeness (QED) is 0.699. The molecule has 0 atom stereocenters. The molecule has 0 radical (unpaired) electrons. The smallest absolute Gasteiger partial charge is 0.163 e. The highest BCUT2D eigenvalue weighted by molar-refractivity contribution is 9.10. The molecule has 0 aliphatic rings. The van der Waals surface area contributed by atoms with E-state index in [9.17, 15) is 0 Å². The van der Waals surface area contributed by atoms with Crippen LogP contribution in [0.25, 0.3) is 11.4 Å². The first-order chi connectivity index (χ1) is 8.00. The SMILES string of the molecule is Cc1nc(-c2c(Cl)cccc2Cl)nc(Br)c1C. The third-order valence-corrected chi connectivity index (χ3v) is 3.92. The molecule has 0 saturated carbocycles. The van der Waals surface area contributed by atoms with E-state index in [1.807, 2.05) is 13.8 Å². The molecule has 0 bridgehead atoms. The number of hydrogen-bond donors (Lipinski definition) is 0. The van der Waals surface area contributed by atoms with Gasteiger partial charge in [0.2, 0.25) is 0 Å². The fourth-order valence-electron chi connectivity index (χ4n) is 1.42. The van der Waals surface area contributed by atoms with E-state index in [-0.39, 0.29) is 0 Å². The minimum Gasteiger partial charge on any atom is -0.233 e. The topological polar surface area (TPSA) is 25.8 Å². The summed E-state index contributed by atoms with van der Waals surface area (Å²) in [6.07, 6.45) is 0. The molecule has 0 N–H and O–H groups in total. The Morgan fingerprint density at radius 2 is 1.65 bits per heavy atom. The summed E-state index contributed by atoms with van der Waals surface area (Å²) in [6, 6.07) is 5.34. The Balaban J connectivity index is 2.69. The molecule has 2 rings (SSSR count). The molecule has 5 heteroatoms. The second-order valence-electron chi connectivity index (χ2n) is 3.65. The van der Waals surface area contributed by atoms with Gasteiger partial charge in [-0.05, 0) is 41.9 Å². The molecule has 0 saturated heterocycles. The van der Waals surface area contributed by atoms with Crippen LogP contribution in [0.5, 0.6) is 0 Å². The summed E-state index contributed by atoms with van der Waals surface area (Å²) in [5.41, 5.74) is 2.58. The van der Waals surface area contributed by atoms with E-state index in [0.717, 1.165) is 15.9 Å². The summed E-state index contributed by atoms with van der Waals surface area (Å²) in [5.74, 6) is 0.538. The molecule has 0 spiro atoms. The van der Waals surface area contributed by atoms with Crippen LogP contribution in [-0.2, 0) is 0 Å². The maximum atomic E-state index is 6.13. The summed E-state index contributed by atoms with van der Waals surface area (Å²) in [4.78, 5) is 8.78. The Bertz CT molecular complexity index is 541. The van der Waals surface area contributed by atoms with Gasteiger partial charge in [-0.2, -0.15) is 0 Å². The molecule has 1 aromatic carbocycles. The van der Waals surface area contributed by atoms with Crippen LogP contribution in [0.15, 0.2) is 22.8 Å². The first kappa shape index (κ1) is 12.8. The van der Waals surface area contributed by atoms with Crippen molar-refractivity contribution in [2.75, 3.05) is 0 Å². The highest BCUT2D eigenvalue weighted by atomic mass is 79.9. The maximum absolute atomic E-state index is 6.13. The maximum Gasteiger partial charge on any atom is 0.163 e. The zero-order valence-electron chi connectivity index (χ0n) is 9.26. The summed E-state index contributed by atoms with van der Waals surface area (Å²) in [7, 11) is 0. The molecular formula is C12H9BrCl2N2. The van der Waals surface area contributed by atoms with Gasteiger partial charge in [0.25, 0.3) is 0 Å². The monoisotopic (exact) mass is 330 g/mol. The summed E-state index contributed by atoms with van der Waals surface area (Å²) in [5, 5.41) is 1.10. The molecule has 0 aliphatic heterocycles. The Morgan fingerprint density at radius 1 is 1.06 bits per heavy atom. The van der Waals surface area contributed by atoms with Gasteiger partial charge in [-0.15, -0.1) is 0 Å². The van der Waals surface area contributed by atoms with E-state index in [2.05, 4.69) is 25.9 Å². The lowest BCUT2D eigenvalue weighted by Gasteiger charge is -2.08. The second-order valence-corrected chi connectivity index (χ2v) is 5.21. The highest BCUT2D eigenvalue weighted by Crippen LogP contribution is 2.33. The van der Waals surface area contributed by atoms with Gasteiger partial charge in [0.15, 0.2) is 5.82 Å². The number of benzene rings is 1. The Morgan fingerprint density at radius 3 is 2.18 bits per heavy atom. The molecule has 88 valence electrons. The average Bonchev–Trinajstić information content (AvgIpc) is 2.25. The van der Waals surface area contributed by atoms with Crippen molar-refractivity contribution in [3.8, 4) is 11.4 Å². The molecule has 0 fully saturated rings. The third kappa shape index (κ3) is 2.46. The zero-order valence-corrected chi connectivity index (χ0v) is 12.4. The van der Waals surface area contributed by atoms with Gasteiger partial charge in [0.1, 0.15) is 4.60 Å². The van der Waals surface area contributed by atoms with Crippen LogP contribution in [0.3, 0.4) is 0 Å². The van der Waals surface area contributed by atoms with E-state index >= 15 is 0 Å². The summed E-state index contributed by atoms with van der Waals surface area (Å²) >= 11 is 15.7. The van der Waals surface area contributed by atoms with Crippen LogP contribution >= 0.6 is 39.1 Å². The fraction of sp³-hybridized carbons (Fsp3) is 0.167. The van der Waals surface area contributed by atoms with Crippen molar-refractivity contribution in [2.24, 2.45) is 0 Å². The number of aryl methyl sites for hydroxylation is 1. The minimum absolute atomic E-state index is 0.538. The first-order valence-corrected chi connectivity index (χ1v) is 6.50. The lowest BCUT2D eigenvalue weighted by Crippen LogP contribution is -1.97. The second kappa shape index (κ2) is 4.92. The van der Waals surface area contributed by atoms with E-state index in [1.165, 1.54) is 0 Å². The van der Waals surface area contributed by atoms with Crippen LogP contribution in [0.2, 0.25) is 10.0 Å². The standard InChI is InChI=1S/C12H9BrCl2N2/c1-6-7(2)16-12(17-11(6)13)10-8(14)4-3-5-9(10)15/h3-5H,1-2H3. The van der Waals surface area contributed by atoms with Gasteiger partial charge < -0.3 is 0 Å². The van der Waals surface area contributed by atoms with Gasteiger partial charge >= 0.3 is 0 Å². The molecule has 0 aliphatic carbocycles. The Kier molecular flexibility index (Phi) is 3.71. The van der Waals surface area contributed by atoms with Crippen molar-refractivity contribution in [2.45, 2.75) is 13.8 Å². The molecule has 0 amide bonds. The molecular weight excluding hydrogens is 323 g/mol. The normalized spacial score (nSPS) is 10.6. The molecule has 2 nitrogen and oxygen atoms in total. The van der Waals surface area contributed by atoms with E-state index in [4.69, 9.17) is 23.2 Å². The van der Waals surface area contributed by atoms with Crippen molar-refractivity contribution in [3.05, 3.63) is 44.1 Å². The Labute approximate surface area is 118 Å². The lowest BCUT2D eigenvalue weighted by molar-refractivity contribution is 1.05. The van der Waals surface area contributed by atoms with Gasteiger partial charge in [0, 0.05) is 11.3 Å². The van der Waals surface area contributed by atoms with Crippen molar-refractivity contribution in [1.29, 1.82) is 0 Å². The van der Waals surface area contributed by atoms with E-state index < -0.39 is 0 Å². The summed E-state index contributed by atoms with van der Waals surface area (Å²) < 4.78 is 0.760. The number of rotatable bonds is 1. The number of hydrogen-bond acceptors (Lipinski definition) is 2. The predicted molar refractivity (Wildman–Crippen MR) is 74.7 cm³/mol. The molecule has 1 heterocycles. The first-order valence-electron chi connectivity index (χ1n) is 4.96. The van der Waals surface area contributed by atoms with Crippen LogP contribution < -0.4 is 0 Å².